The third kappa shape index (κ3) is 2.13. The van der Waals surface area contributed by atoms with E-state index in [1.54, 1.807) is 6.26 Å². The van der Waals surface area contributed by atoms with Crippen molar-refractivity contribution in [2.75, 3.05) is 7.05 Å². The molecule has 5 heteroatoms. The Morgan fingerprint density at radius 1 is 1.38 bits per heavy atom. The third-order valence-corrected chi connectivity index (χ3v) is 4.01. The minimum absolute atomic E-state index is 0.0231. The van der Waals surface area contributed by atoms with Crippen LogP contribution in [0.1, 0.15) is 22.9 Å². The molecule has 2 rings (SSSR count). The van der Waals surface area contributed by atoms with Crippen molar-refractivity contribution in [3.63, 3.8) is 0 Å². The molecular weight excluding hydrogens is 265 g/mol. The van der Waals surface area contributed by atoms with Crippen molar-refractivity contribution in [1.29, 1.82) is 0 Å². The topological polar surface area (TPSA) is 25.2 Å². The molecule has 0 spiro atoms. The Morgan fingerprint density at radius 2 is 2.12 bits per heavy atom. The van der Waals surface area contributed by atoms with Gasteiger partial charge in [0.15, 0.2) is 0 Å². The first-order chi connectivity index (χ1) is 7.63. The van der Waals surface area contributed by atoms with Crippen LogP contribution in [0.25, 0.3) is 0 Å². The highest BCUT2D eigenvalue weighted by Crippen LogP contribution is 2.38. The van der Waals surface area contributed by atoms with Gasteiger partial charge in [0.25, 0.3) is 0 Å². The van der Waals surface area contributed by atoms with Crippen molar-refractivity contribution < 1.29 is 4.42 Å². The van der Waals surface area contributed by atoms with Gasteiger partial charge >= 0.3 is 0 Å². The SMILES string of the molecule is CNC(c1ccoc1C)c1cc(Cl)sc1Cl. The normalized spacial score (nSPS) is 13.0. The van der Waals surface area contributed by atoms with Crippen LogP contribution in [0.2, 0.25) is 8.67 Å². The zero-order valence-electron chi connectivity index (χ0n) is 8.88. The lowest BCUT2D eigenvalue weighted by Crippen LogP contribution is -2.17. The summed E-state index contributed by atoms with van der Waals surface area (Å²) in [6, 6.07) is 3.86. The monoisotopic (exact) mass is 275 g/mol. The van der Waals surface area contributed by atoms with Crippen molar-refractivity contribution in [3.8, 4) is 0 Å². The molecule has 2 nitrogen and oxygen atoms in total. The lowest BCUT2D eigenvalue weighted by Gasteiger charge is -2.14. The molecule has 2 heterocycles. The van der Waals surface area contributed by atoms with Crippen LogP contribution in [0.4, 0.5) is 0 Å². The summed E-state index contributed by atoms with van der Waals surface area (Å²) in [5, 5.41) is 3.22. The summed E-state index contributed by atoms with van der Waals surface area (Å²) in [6.45, 7) is 1.93. The van der Waals surface area contributed by atoms with Gasteiger partial charge in [-0.2, -0.15) is 0 Å². The highest BCUT2D eigenvalue weighted by Gasteiger charge is 2.20. The Morgan fingerprint density at radius 3 is 2.56 bits per heavy atom. The van der Waals surface area contributed by atoms with E-state index in [9.17, 15) is 0 Å². The Labute approximate surface area is 108 Å². The molecular formula is C11H11Cl2NOS. The number of halogens is 2. The number of rotatable bonds is 3. The van der Waals surface area contributed by atoms with E-state index in [-0.39, 0.29) is 6.04 Å². The van der Waals surface area contributed by atoms with Crippen LogP contribution in [-0.2, 0) is 0 Å². The molecule has 0 aliphatic carbocycles. The second kappa shape index (κ2) is 4.80. The molecule has 0 bridgehead atoms. The first-order valence-electron chi connectivity index (χ1n) is 4.79. The first kappa shape index (κ1) is 12.0. The average Bonchev–Trinajstić information content (AvgIpc) is 2.77. The van der Waals surface area contributed by atoms with Gasteiger partial charge in [-0.1, -0.05) is 23.2 Å². The van der Waals surface area contributed by atoms with Crippen molar-refractivity contribution in [3.05, 3.63) is 44.0 Å². The van der Waals surface area contributed by atoms with E-state index in [0.717, 1.165) is 16.9 Å². The van der Waals surface area contributed by atoms with Gasteiger partial charge in [0.2, 0.25) is 0 Å². The summed E-state index contributed by atoms with van der Waals surface area (Å²) in [7, 11) is 1.89. The number of nitrogens with one attached hydrogen (secondary N) is 1. The van der Waals surface area contributed by atoms with E-state index in [1.807, 2.05) is 26.1 Å². The fourth-order valence-corrected chi connectivity index (χ4v) is 3.25. The molecule has 0 amide bonds. The molecule has 16 heavy (non-hydrogen) atoms. The van der Waals surface area contributed by atoms with Gasteiger partial charge in [-0.25, -0.2) is 0 Å². The summed E-state index contributed by atoms with van der Waals surface area (Å²) >= 11 is 13.5. The van der Waals surface area contributed by atoms with Gasteiger partial charge in [0.1, 0.15) is 5.76 Å². The van der Waals surface area contributed by atoms with Crippen LogP contribution < -0.4 is 5.32 Å². The third-order valence-electron chi connectivity index (χ3n) is 2.49. The highest BCUT2D eigenvalue weighted by molar-refractivity contribution is 7.20. The van der Waals surface area contributed by atoms with Crippen LogP contribution in [0.5, 0.6) is 0 Å². The van der Waals surface area contributed by atoms with E-state index in [4.69, 9.17) is 27.6 Å². The summed E-state index contributed by atoms with van der Waals surface area (Å²) in [4.78, 5) is 0. The zero-order chi connectivity index (χ0) is 11.7. The van der Waals surface area contributed by atoms with Gasteiger partial charge in [-0.15, -0.1) is 11.3 Å². The number of hydrogen-bond acceptors (Lipinski definition) is 3. The van der Waals surface area contributed by atoms with Crippen LogP contribution in [0, 0.1) is 6.92 Å². The lowest BCUT2D eigenvalue weighted by atomic mass is 10.0. The van der Waals surface area contributed by atoms with E-state index < -0.39 is 0 Å². The molecule has 0 aromatic carbocycles. The van der Waals surface area contributed by atoms with Crippen LogP contribution in [0.3, 0.4) is 0 Å². The van der Waals surface area contributed by atoms with Gasteiger partial charge in [0.05, 0.1) is 21.0 Å². The van der Waals surface area contributed by atoms with Crippen LogP contribution in [0.15, 0.2) is 22.8 Å². The molecule has 0 radical (unpaired) electrons. The maximum atomic E-state index is 6.15. The van der Waals surface area contributed by atoms with E-state index in [2.05, 4.69) is 5.32 Å². The van der Waals surface area contributed by atoms with E-state index in [0.29, 0.717) is 8.67 Å². The zero-order valence-corrected chi connectivity index (χ0v) is 11.2. The second-order valence-electron chi connectivity index (χ2n) is 3.43. The largest absolute Gasteiger partial charge is 0.469 e. The van der Waals surface area contributed by atoms with Crippen molar-refractivity contribution >= 4 is 34.5 Å². The first-order valence-corrected chi connectivity index (χ1v) is 6.36. The smallest absolute Gasteiger partial charge is 0.105 e. The van der Waals surface area contributed by atoms with Gasteiger partial charge in [0, 0.05) is 11.1 Å². The van der Waals surface area contributed by atoms with Crippen molar-refractivity contribution in [2.24, 2.45) is 0 Å². The lowest BCUT2D eigenvalue weighted by molar-refractivity contribution is 0.523. The van der Waals surface area contributed by atoms with Gasteiger partial charge in [-0.3, -0.25) is 0 Å². The minimum atomic E-state index is 0.0231. The number of furan rings is 1. The van der Waals surface area contributed by atoms with Crippen LogP contribution in [-0.4, -0.2) is 7.05 Å². The Bertz CT molecular complexity index is 492. The Balaban J connectivity index is 2.44. The summed E-state index contributed by atoms with van der Waals surface area (Å²) in [6.07, 6.45) is 1.68. The molecule has 2 aromatic heterocycles. The molecule has 1 atom stereocenters. The molecule has 86 valence electrons. The van der Waals surface area contributed by atoms with Gasteiger partial charge in [-0.05, 0) is 26.1 Å². The molecule has 0 aliphatic heterocycles. The molecule has 2 aromatic rings. The Kier molecular flexibility index (Phi) is 3.60. The quantitative estimate of drug-likeness (QED) is 0.905. The molecule has 0 saturated carbocycles. The summed E-state index contributed by atoms with van der Waals surface area (Å²) in [5.74, 6) is 0.887. The average molecular weight is 276 g/mol. The Hall–Kier alpha value is -0.480. The van der Waals surface area contributed by atoms with Gasteiger partial charge < -0.3 is 9.73 Å². The van der Waals surface area contributed by atoms with Crippen molar-refractivity contribution in [1.82, 2.24) is 5.32 Å². The predicted octanol–water partition coefficient (Wildman–Crippen LogP) is 4.27. The number of hydrogen-bond donors (Lipinski definition) is 1. The minimum Gasteiger partial charge on any atom is -0.469 e. The number of thiophene rings is 1. The molecule has 1 unspecified atom stereocenters. The number of aryl methyl sites for hydroxylation is 1. The molecule has 0 saturated heterocycles. The second-order valence-corrected chi connectivity index (χ2v) is 5.72. The summed E-state index contributed by atoms with van der Waals surface area (Å²) < 4.78 is 6.71. The fourth-order valence-electron chi connectivity index (χ4n) is 1.72. The maximum Gasteiger partial charge on any atom is 0.105 e. The molecule has 0 fully saturated rings. The maximum absolute atomic E-state index is 6.15. The highest BCUT2D eigenvalue weighted by atomic mass is 35.5. The van der Waals surface area contributed by atoms with Crippen molar-refractivity contribution in [2.45, 2.75) is 13.0 Å². The molecule has 1 N–H and O–H groups in total. The predicted molar refractivity (Wildman–Crippen MR) is 68.7 cm³/mol. The van der Waals surface area contributed by atoms with Crippen LogP contribution >= 0.6 is 34.5 Å². The van der Waals surface area contributed by atoms with E-state index >= 15 is 0 Å². The summed E-state index contributed by atoms with van der Waals surface area (Å²) in [5.41, 5.74) is 2.07. The van der Waals surface area contributed by atoms with E-state index in [1.165, 1.54) is 11.3 Å². The standard InChI is InChI=1S/C11H11Cl2NOS/c1-6-7(3-4-15-6)10(14-2)8-5-9(12)16-11(8)13/h3-5,10,14H,1-2H3. The fraction of sp³-hybridized carbons (Fsp3) is 0.273. The molecule has 0 aliphatic rings.